The molecular weight excluding hydrogens is 448 g/mol. The first-order valence-electron chi connectivity index (χ1n) is 11.7. The first-order chi connectivity index (χ1) is 16.6. The van der Waals surface area contributed by atoms with Gasteiger partial charge in [0, 0.05) is 49.1 Å². The van der Waals surface area contributed by atoms with Gasteiger partial charge in [-0.1, -0.05) is 0 Å². The maximum atomic E-state index is 13.7. The number of aromatic nitrogens is 1. The van der Waals surface area contributed by atoms with Crippen molar-refractivity contribution in [1.82, 2.24) is 9.88 Å². The summed E-state index contributed by atoms with van der Waals surface area (Å²) in [6.45, 7) is 2.82. The van der Waals surface area contributed by atoms with Gasteiger partial charge < -0.3 is 19.9 Å². The SMILES string of the molecule is COc1ccc(N2CCN(C(=O)c3c(NC(=O)c4cccnc4)sc4c3CCCC4)CC2)cc1. The molecule has 0 unspecified atom stereocenters. The van der Waals surface area contributed by atoms with Crippen LogP contribution in [0.4, 0.5) is 10.7 Å². The van der Waals surface area contributed by atoms with Gasteiger partial charge in [-0.3, -0.25) is 14.6 Å². The minimum Gasteiger partial charge on any atom is -0.497 e. The fraction of sp³-hybridized carbons (Fsp3) is 0.346. The lowest BCUT2D eigenvalue weighted by molar-refractivity contribution is 0.0747. The van der Waals surface area contributed by atoms with Gasteiger partial charge in [-0.05, 0) is 67.6 Å². The minimum absolute atomic E-state index is 0.0234. The van der Waals surface area contributed by atoms with Crippen molar-refractivity contribution in [2.45, 2.75) is 25.7 Å². The molecule has 3 heterocycles. The lowest BCUT2D eigenvalue weighted by Crippen LogP contribution is -2.49. The molecule has 2 amide bonds. The zero-order valence-corrected chi connectivity index (χ0v) is 20.1. The van der Waals surface area contributed by atoms with Crippen molar-refractivity contribution in [2.24, 2.45) is 0 Å². The highest BCUT2D eigenvalue weighted by molar-refractivity contribution is 7.17. The third-order valence-corrected chi connectivity index (χ3v) is 7.75. The molecule has 1 fully saturated rings. The van der Waals surface area contributed by atoms with Crippen molar-refractivity contribution in [1.29, 1.82) is 0 Å². The van der Waals surface area contributed by atoms with Crippen LogP contribution in [0.1, 0.15) is 44.0 Å². The van der Waals surface area contributed by atoms with Crippen molar-refractivity contribution in [3.05, 3.63) is 70.4 Å². The average Bonchev–Trinajstić information content (AvgIpc) is 3.26. The number of methoxy groups -OCH3 is 1. The predicted molar refractivity (Wildman–Crippen MR) is 134 cm³/mol. The number of hydrogen-bond acceptors (Lipinski definition) is 6. The number of benzene rings is 1. The molecule has 1 saturated heterocycles. The molecule has 1 aromatic carbocycles. The number of anilines is 2. The van der Waals surface area contributed by atoms with Crippen molar-refractivity contribution < 1.29 is 14.3 Å². The Bertz CT molecular complexity index is 1170. The van der Waals surface area contributed by atoms with Gasteiger partial charge in [0.2, 0.25) is 0 Å². The number of ether oxygens (including phenoxy) is 1. The van der Waals surface area contributed by atoms with Crippen LogP contribution in [0, 0.1) is 0 Å². The molecule has 176 valence electrons. The smallest absolute Gasteiger partial charge is 0.257 e. The van der Waals surface area contributed by atoms with Crippen LogP contribution in [-0.4, -0.2) is 55.0 Å². The summed E-state index contributed by atoms with van der Waals surface area (Å²) in [6, 6.07) is 11.5. The van der Waals surface area contributed by atoms with Crippen molar-refractivity contribution >= 4 is 33.8 Å². The van der Waals surface area contributed by atoms with E-state index >= 15 is 0 Å². The van der Waals surface area contributed by atoms with E-state index in [1.807, 2.05) is 17.0 Å². The fourth-order valence-electron chi connectivity index (χ4n) is 4.67. The molecule has 0 spiro atoms. The Kier molecular flexibility index (Phi) is 6.49. The second-order valence-electron chi connectivity index (χ2n) is 8.59. The van der Waals surface area contributed by atoms with Gasteiger partial charge in [0.1, 0.15) is 10.8 Å². The van der Waals surface area contributed by atoms with Gasteiger partial charge in [-0.25, -0.2) is 0 Å². The monoisotopic (exact) mass is 476 g/mol. The summed E-state index contributed by atoms with van der Waals surface area (Å²) in [5.74, 6) is 0.626. The van der Waals surface area contributed by atoms with Crippen LogP contribution in [0.15, 0.2) is 48.8 Å². The van der Waals surface area contributed by atoms with E-state index in [0.717, 1.165) is 55.8 Å². The van der Waals surface area contributed by atoms with Crippen molar-refractivity contribution in [2.75, 3.05) is 43.5 Å². The Morgan fingerprint density at radius 3 is 2.50 bits per heavy atom. The second kappa shape index (κ2) is 9.85. The van der Waals surface area contributed by atoms with Gasteiger partial charge in [-0.15, -0.1) is 11.3 Å². The number of rotatable bonds is 5. The number of hydrogen-bond donors (Lipinski definition) is 1. The number of pyridine rings is 1. The summed E-state index contributed by atoms with van der Waals surface area (Å²) in [7, 11) is 1.66. The Balaban J connectivity index is 1.34. The van der Waals surface area contributed by atoms with E-state index in [-0.39, 0.29) is 11.8 Å². The highest BCUT2D eigenvalue weighted by Crippen LogP contribution is 2.39. The van der Waals surface area contributed by atoms with Gasteiger partial charge in [-0.2, -0.15) is 0 Å². The molecule has 34 heavy (non-hydrogen) atoms. The summed E-state index contributed by atoms with van der Waals surface area (Å²) >= 11 is 1.56. The number of aryl methyl sites for hydroxylation is 1. The van der Waals surface area contributed by atoms with E-state index in [1.54, 1.807) is 43.0 Å². The number of fused-ring (bicyclic) bond motifs is 1. The van der Waals surface area contributed by atoms with Gasteiger partial charge >= 0.3 is 0 Å². The average molecular weight is 477 g/mol. The van der Waals surface area contributed by atoms with E-state index in [4.69, 9.17) is 4.74 Å². The van der Waals surface area contributed by atoms with Gasteiger partial charge in [0.25, 0.3) is 11.8 Å². The number of nitrogens with one attached hydrogen (secondary N) is 1. The molecule has 2 aromatic heterocycles. The lowest BCUT2D eigenvalue weighted by atomic mass is 9.95. The zero-order chi connectivity index (χ0) is 23.5. The molecule has 5 rings (SSSR count). The Morgan fingerprint density at radius 1 is 1.03 bits per heavy atom. The normalized spacial score (nSPS) is 15.6. The summed E-state index contributed by atoms with van der Waals surface area (Å²) in [6.07, 6.45) is 7.24. The molecule has 0 atom stereocenters. The number of carbonyl (C=O) groups excluding carboxylic acids is 2. The quantitative estimate of drug-likeness (QED) is 0.596. The first kappa shape index (κ1) is 22.4. The van der Waals surface area contributed by atoms with Crippen LogP contribution in [0.2, 0.25) is 0 Å². The van der Waals surface area contributed by atoms with E-state index in [0.29, 0.717) is 29.2 Å². The summed E-state index contributed by atoms with van der Waals surface area (Å²) in [5.41, 5.74) is 3.43. The Hall–Kier alpha value is -3.39. The van der Waals surface area contributed by atoms with Crippen LogP contribution >= 0.6 is 11.3 Å². The molecule has 1 N–H and O–H groups in total. The number of amides is 2. The van der Waals surface area contributed by atoms with Crippen LogP contribution in [0.3, 0.4) is 0 Å². The Labute approximate surface area is 203 Å². The van der Waals surface area contributed by atoms with E-state index in [2.05, 4.69) is 27.3 Å². The molecule has 7 nitrogen and oxygen atoms in total. The van der Waals surface area contributed by atoms with Crippen LogP contribution in [0.5, 0.6) is 5.75 Å². The first-order valence-corrected chi connectivity index (χ1v) is 12.5. The van der Waals surface area contributed by atoms with E-state index in [1.165, 1.54) is 4.88 Å². The van der Waals surface area contributed by atoms with Gasteiger partial charge in [0.15, 0.2) is 0 Å². The summed E-state index contributed by atoms with van der Waals surface area (Å²) in [4.78, 5) is 36.1. The zero-order valence-electron chi connectivity index (χ0n) is 19.3. The second-order valence-corrected chi connectivity index (χ2v) is 9.69. The number of carbonyl (C=O) groups is 2. The number of nitrogens with zero attached hydrogens (tertiary/aromatic N) is 3. The topological polar surface area (TPSA) is 74.8 Å². The summed E-state index contributed by atoms with van der Waals surface area (Å²) in [5, 5.41) is 3.69. The van der Waals surface area contributed by atoms with Crippen LogP contribution in [-0.2, 0) is 12.8 Å². The fourth-order valence-corrected chi connectivity index (χ4v) is 5.95. The molecule has 8 heteroatoms. The molecular formula is C26H28N4O3S. The molecule has 0 saturated carbocycles. The molecule has 0 radical (unpaired) electrons. The largest absolute Gasteiger partial charge is 0.497 e. The maximum Gasteiger partial charge on any atom is 0.257 e. The van der Waals surface area contributed by atoms with Crippen LogP contribution in [0.25, 0.3) is 0 Å². The molecule has 3 aromatic rings. The third-order valence-electron chi connectivity index (χ3n) is 6.54. The van der Waals surface area contributed by atoms with Crippen LogP contribution < -0.4 is 15.0 Å². The van der Waals surface area contributed by atoms with E-state index < -0.39 is 0 Å². The number of thiophene rings is 1. The Morgan fingerprint density at radius 2 is 1.79 bits per heavy atom. The molecule has 0 bridgehead atoms. The minimum atomic E-state index is -0.231. The van der Waals surface area contributed by atoms with Gasteiger partial charge in [0.05, 0.1) is 18.2 Å². The van der Waals surface area contributed by atoms with E-state index in [9.17, 15) is 9.59 Å². The predicted octanol–water partition coefficient (Wildman–Crippen LogP) is 4.25. The standard InChI is InChI=1S/C26H28N4O3S/c1-33-20-10-8-19(9-11-20)29-13-15-30(16-14-29)26(32)23-21-6-2-3-7-22(21)34-25(23)28-24(31)18-5-4-12-27-17-18/h4-5,8-12,17H,2-3,6-7,13-16H2,1H3,(H,28,31). The summed E-state index contributed by atoms with van der Waals surface area (Å²) < 4.78 is 5.25. The molecule has 2 aliphatic rings. The third kappa shape index (κ3) is 4.50. The number of piperazine rings is 1. The lowest BCUT2D eigenvalue weighted by Gasteiger charge is -2.36. The highest BCUT2D eigenvalue weighted by atomic mass is 32.1. The molecule has 1 aliphatic heterocycles. The molecule has 1 aliphatic carbocycles. The van der Waals surface area contributed by atoms with Crippen molar-refractivity contribution in [3.63, 3.8) is 0 Å². The highest BCUT2D eigenvalue weighted by Gasteiger charge is 2.31. The maximum absolute atomic E-state index is 13.7. The van der Waals surface area contributed by atoms with Crippen molar-refractivity contribution in [3.8, 4) is 5.75 Å².